The van der Waals surface area contributed by atoms with Gasteiger partial charge in [-0.1, -0.05) is 35.3 Å². The number of nitrogens with zero attached hydrogens (tertiary/aromatic N) is 1. The van der Waals surface area contributed by atoms with Crippen LogP contribution in [0.2, 0.25) is 10.0 Å². The predicted molar refractivity (Wildman–Crippen MR) is 95.9 cm³/mol. The molecule has 5 heteroatoms. The fourth-order valence-electron chi connectivity index (χ4n) is 3.03. The molecule has 124 valence electrons. The number of rotatable bonds is 3. The van der Waals surface area contributed by atoms with Crippen LogP contribution in [0.15, 0.2) is 48.5 Å². The minimum Gasteiger partial charge on any atom is -0.338 e. The van der Waals surface area contributed by atoms with Crippen molar-refractivity contribution in [3.05, 3.63) is 69.7 Å². The normalized spacial score (nSPS) is 17.6. The van der Waals surface area contributed by atoms with Crippen LogP contribution >= 0.6 is 23.2 Å². The minimum atomic E-state index is -0.189. The van der Waals surface area contributed by atoms with Gasteiger partial charge in [-0.3, -0.25) is 9.59 Å². The van der Waals surface area contributed by atoms with Gasteiger partial charge in [0.05, 0.1) is 10.6 Å². The van der Waals surface area contributed by atoms with Crippen LogP contribution in [0.4, 0.5) is 0 Å². The van der Waals surface area contributed by atoms with Gasteiger partial charge in [0.15, 0.2) is 5.78 Å². The van der Waals surface area contributed by atoms with E-state index in [2.05, 4.69) is 0 Å². The molecule has 1 saturated heterocycles. The van der Waals surface area contributed by atoms with Crippen molar-refractivity contribution >= 4 is 34.9 Å². The van der Waals surface area contributed by atoms with E-state index < -0.39 is 0 Å². The second-order valence-corrected chi connectivity index (χ2v) is 6.78. The topological polar surface area (TPSA) is 37.4 Å². The smallest absolute Gasteiger partial charge is 0.255 e. The van der Waals surface area contributed by atoms with Crippen molar-refractivity contribution in [1.29, 1.82) is 0 Å². The van der Waals surface area contributed by atoms with Gasteiger partial charge in [0, 0.05) is 29.6 Å². The van der Waals surface area contributed by atoms with Crippen molar-refractivity contribution in [2.75, 3.05) is 13.1 Å². The van der Waals surface area contributed by atoms with Crippen LogP contribution in [0.3, 0.4) is 0 Å². The van der Waals surface area contributed by atoms with Crippen molar-refractivity contribution in [2.24, 2.45) is 5.92 Å². The lowest BCUT2D eigenvalue weighted by Crippen LogP contribution is -2.42. The Hall–Kier alpha value is -1.84. The number of Topliss-reactive ketones (excluding diaryl/α,β-unsaturated/α-hetero) is 1. The zero-order chi connectivity index (χ0) is 17.1. The summed E-state index contributed by atoms with van der Waals surface area (Å²) in [7, 11) is 0. The first-order valence-electron chi connectivity index (χ1n) is 7.90. The first-order valence-corrected chi connectivity index (χ1v) is 8.65. The van der Waals surface area contributed by atoms with Crippen molar-refractivity contribution in [2.45, 2.75) is 12.8 Å². The summed E-state index contributed by atoms with van der Waals surface area (Å²) in [5.41, 5.74) is 1.12. The number of piperidine rings is 1. The average Bonchev–Trinajstić information content (AvgIpc) is 2.62. The molecule has 2 aromatic carbocycles. The second kappa shape index (κ2) is 7.37. The molecule has 0 N–H and O–H groups in total. The molecule has 1 amide bonds. The third kappa shape index (κ3) is 3.63. The van der Waals surface area contributed by atoms with E-state index in [-0.39, 0.29) is 17.6 Å². The average molecular weight is 362 g/mol. The molecule has 0 aromatic heterocycles. The van der Waals surface area contributed by atoms with Gasteiger partial charge in [0.25, 0.3) is 5.91 Å². The first kappa shape index (κ1) is 17.0. The van der Waals surface area contributed by atoms with Gasteiger partial charge in [-0.2, -0.15) is 0 Å². The molecule has 1 aliphatic rings. The number of halogens is 2. The predicted octanol–water partition coefficient (Wildman–Crippen LogP) is 4.73. The molecule has 0 radical (unpaired) electrons. The van der Waals surface area contributed by atoms with Crippen LogP contribution in [0.1, 0.15) is 33.6 Å². The first-order chi connectivity index (χ1) is 11.6. The van der Waals surface area contributed by atoms with Gasteiger partial charge < -0.3 is 4.90 Å². The Bertz CT molecular complexity index is 758. The third-order valence-corrected chi connectivity index (χ3v) is 4.89. The number of hydrogen-bond donors (Lipinski definition) is 0. The number of ketones is 1. The quantitative estimate of drug-likeness (QED) is 0.741. The van der Waals surface area contributed by atoms with Crippen LogP contribution < -0.4 is 0 Å². The van der Waals surface area contributed by atoms with Crippen molar-refractivity contribution in [1.82, 2.24) is 4.90 Å². The summed E-state index contributed by atoms with van der Waals surface area (Å²) in [6.45, 7) is 1.07. The van der Waals surface area contributed by atoms with Crippen molar-refractivity contribution in [3.8, 4) is 0 Å². The van der Waals surface area contributed by atoms with E-state index in [1.807, 2.05) is 0 Å². The summed E-state index contributed by atoms with van der Waals surface area (Å²) in [6.07, 6.45) is 1.59. The highest BCUT2D eigenvalue weighted by Crippen LogP contribution is 2.25. The van der Waals surface area contributed by atoms with Crippen LogP contribution in [0.5, 0.6) is 0 Å². The molecule has 1 fully saturated rings. The van der Waals surface area contributed by atoms with Crippen LogP contribution in [-0.2, 0) is 0 Å². The molecule has 3 rings (SSSR count). The molecule has 3 nitrogen and oxygen atoms in total. The van der Waals surface area contributed by atoms with Gasteiger partial charge in [-0.25, -0.2) is 0 Å². The molecule has 24 heavy (non-hydrogen) atoms. The maximum Gasteiger partial charge on any atom is 0.255 e. The lowest BCUT2D eigenvalue weighted by molar-refractivity contribution is 0.0637. The zero-order valence-corrected chi connectivity index (χ0v) is 14.6. The Morgan fingerprint density at radius 1 is 1.00 bits per heavy atom. The van der Waals surface area contributed by atoms with Gasteiger partial charge in [0.1, 0.15) is 0 Å². The largest absolute Gasteiger partial charge is 0.338 e. The Morgan fingerprint density at radius 2 is 1.71 bits per heavy atom. The number of amides is 1. The van der Waals surface area contributed by atoms with Gasteiger partial charge in [-0.15, -0.1) is 0 Å². The van der Waals surface area contributed by atoms with Gasteiger partial charge >= 0.3 is 0 Å². The van der Waals surface area contributed by atoms with Crippen LogP contribution in [0, 0.1) is 5.92 Å². The summed E-state index contributed by atoms with van der Waals surface area (Å²) >= 11 is 12.0. The molecule has 0 bridgehead atoms. The molecule has 1 unspecified atom stereocenters. The molecule has 0 spiro atoms. The summed E-state index contributed by atoms with van der Waals surface area (Å²) in [5.74, 6) is -0.246. The minimum absolute atomic E-state index is 0.0586. The number of carbonyl (C=O) groups is 2. The SMILES string of the molecule is O=C(c1ccc(Cl)cc1)C1CCCN(C(=O)c2ccccc2Cl)C1. The maximum atomic E-state index is 12.7. The van der Waals surface area contributed by atoms with Gasteiger partial charge in [0.2, 0.25) is 0 Å². The Labute approximate surface area is 151 Å². The molecule has 2 aromatic rings. The van der Waals surface area contributed by atoms with E-state index in [1.165, 1.54) is 0 Å². The van der Waals surface area contributed by atoms with E-state index in [0.717, 1.165) is 12.8 Å². The van der Waals surface area contributed by atoms with Gasteiger partial charge in [-0.05, 0) is 49.2 Å². The lowest BCUT2D eigenvalue weighted by atomic mass is 9.89. The van der Waals surface area contributed by atoms with Crippen LogP contribution in [-0.4, -0.2) is 29.7 Å². The van der Waals surface area contributed by atoms with E-state index in [9.17, 15) is 9.59 Å². The van der Waals surface area contributed by atoms with E-state index in [4.69, 9.17) is 23.2 Å². The highest BCUT2D eigenvalue weighted by atomic mass is 35.5. The fraction of sp³-hybridized carbons (Fsp3) is 0.263. The summed E-state index contributed by atoms with van der Waals surface area (Å²) < 4.78 is 0. The second-order valence-electron chi connectivity index (χ2n) is 5.94. The lowest BCUT2D eigenvalue weighted by Gasteiger charge is -2.32. The molecular formula is C19H17Cl2NO2. The molecule has 0 aliphatic carbocycles. The summed E-state index contributed by atoms with van der Waals surface area (Å²) in [6, 6.07) is 13.9. The van der Waals surface area contributed by atoms with Crippen LogP contribution in [0.25, 0.3) is 0 Å². The van der Waals surface area contributed by atoms with E-state index in [0.29, 0.717) is 34.3 Å². The molecule has 1 atom stereocenters. The number of likely N-dealkylation sites (tertiary alicyclic amines) is 1. The fourth-order valence-corrected chi connectivity index (χ4v) is 3.37. The Balaban J connectivity index is 1.74. The highest BCUT2D eigenvalue weighted by molar-refractivity contribution is 6.33. The Morgan fingerprint density at radius 3 is 2.42 bits per heavy atom. The molecule has 0 saturated carbocycles. The number of benzene rings is 2. The van der Waals surface area contributed by atoms with E-state index >= 15 is 0 Å². The maximum absolute atomic E-state index is 12.7. The summed E-state index contributed by atoms with van der Waals surface area (Å²) in [4.78, 5) is 27.1. The van der Waals surface area contributed by atoms with Crippen molar-refractivity contribution < 1.29 is 9.59 Å². The molecule has 1 heterocycles. The molecular weight excluding hydrogens is 345 g/mol. The monoisotopic (exact) mass is 361 g/mol. The Kier molecular flexibility index (Phi) is 5.22. The number of hydrogen-bond acceptors (Lipinski definition) is 2. The summed E-state index contributed by atoms with van der Waals surface area (Å²) in [5, 5.41) is 1.04. The van der Waals surface area contributed by atoms with E-state index in [1.54, 1.807) is 53.4 Å². The standard InChI is InChI=1S/C19H17Cl2NO2/c20-15-9-7-13(8-10-15)18(23)14-4-3-11-22(12-14)19(24)16-5-1-2-6-17(16)21/h1-2,5-10,14H,3-4,11-12H2. The zero-order valence-electron chi connectivity index (χ0n) is 13.0. The molecule has 1 aliphatic heterocycles. The highest BCUT2D eigenvalue weighted by Gasteiger charge is 2.30. The van der Waals surface area contributed by atoms with Crippen molar-refractivity contribution in [3.63, 3.8) is 0 Å². The number of carbonyl (C=O) groups excluding carboxylic acids is 2. The third-order valence-electron chi connectivity index (χ3n) is 4.31.